The van der Waals surface area contributed by atoms with Gasteiger partial charge in [-0.2, -0.15) is 4.37 Å². The number of hydrogen-bond donors (Lipinski definition) is 2. The van der Waals surface area contributed by atoms with Gasteiger partial charge in [0.1, 0.15) is 16.1 Å². The van der Waals surface area contributed by atoms with Crippen LogP contribution in [0, 0.1) is 0 Å². The number of carbonyl (C=O) groups is 1. The second kappa shape index (κ2) is 5.94. The van der Waals surface area contributed by atoms with Crippen LogP contribution in [0.25, 0.3) is 11.0 Å². The molecule has 0 saturated heterocycles. The van der Waals surface area contributed by atoms with Crippen LogP contribution in [0.2, 0.25) is 0 Å². The molecule has 2 aromatic heterocycles. The number of carbonyl (C=O) groups excluding carboxylic acids is 1. The van der Waals surface area contributed by atoms with E-state index >= 15 is 0 Å². The summed E-state index contributed by atoms with van der Waals surface area (Å²) in [4.78, 5) is 30.8. The molecule has 0 unspecified atom stereocenters. The number of nitrogens with one attached hydrogen (secondary N) is 2. The Morgan fingerprint density at radius 3 is 3.00 bits per heavy atom. The Morgan fingerprint density at radius 1 is 1.36 bits per heavy atom. The molecule has 22 heavy (non-hydrogen) atoms. The predicted molar refractivity (Wildman–Crippen MR) is 83.6 cm³/mol. The molecule has 2 heterocycles. The van der Waals surface area contributed by atoms with Crippen molar-refractivity contribution >= 4 is 34.2 Å². The van der Waals surface area contributed by atoms with E-state index in [9.17, 15) is 9.59 Å². The van der Waals surface area contributed by atoms with E-state index < -0.39 is 0 Å². The zero-order valence-corrected chi connectivity index (χ0v) is 12.4. The zero-order valence-electron chi connectivity index (χ0n) is 11.6. The third kappa shape index (κ3) is 2.56. The Morgan fingerprint density at radius 2 is 2.18 bits per heavy atom. The Hall–Kier alpha value is -2.74. The van der Waals surface area contributed by atoms with Crippen LogP contribution in [-0.2, 0) is 0 Å². The molecule has 0 bridgehead atoms. The van der Waals surface area contributed by atoms with Crippen LogP contribution in [0.5, 0.6) is 5.75 Å². The predicted octanol–water partition coefficient (Wildman–Crippen LogP) is 2.03. The van der Waals surface area contributed by atoms with Gasteiger partial charge in [-0.25, -0.2) is 4.98 Å². The second-order valence-electron chi connectivity index (χ2n) is 4.32. The van der Waals surface area contributed by atoms with Gasteiger partial charge in [0.15, 0.2) is 5.52 Å². The molecule has 7 nitrogen and oxygen atoms in total. The molecule has 3 aromatic rings. The maximum atomic E-state index is 12.4. The number of anilines is 1. The van der Waals surface area contributed by atoms with E-state index in [1.54, 1.807) is 18.2 Å². The van der Waals surface area contributed by atoms with E-state index in [4.69, 9.17) is 4.74 Å². The fourth-order valence-electron chi connectivity index (χ4n) is 1.96. The molecule has 0 fully saturated rings. The van der Waals surface area contributed by atoms with Crippen molar-refractivity contribution in [3.8, 4) is 5.75 Å². The number of aromatic nitrogens is 3. The first kappa shape index (κ1) is 14.2. The number of nitrogens with zero attached hydrogens (tertiary/aromatic N) is 2. The fourth-order valence-corrected chi connectivity index (χ4v) is 2.68. The van der Waals surface area contributed by atoms with Gasteiger partial charge in [0, 0.05) is 0 Å². The number of hydrogen-bond acceptors (Lipinski definition) is 6. The Labute approximate surface area is 129 Å². The minimum atomic E-state index is -0.377. The van der Waals surface area contributed by atoms with Crippen molar-refractivity contribution in [3.63, 3.8) is 0 Å². The lowest BCUT2D eigenvalue weighted by Gasteiger charge is -2.10. The maximum Gasteiger partial charge on any atom is 0.278 e. The molecular formula is C14H12N4O3S. The molecule has 0 aliphatic heterocycles. The van der Waals surface area contributed by atoms with Gasteiger partial charge < -0.3 is 15.0 Å². The Balaban J connectivity index is 1.94. The average molecular weight is 316 g/mol. The van der Waals surface area contributed by atoms with Crippen molar-refractivity contribution < 1.29 is 9.53 Å². The lowest BCUT2D eigenvalue weighted by atomic mass is 10.2. The van der Waals surface area contributed by atoms with Crippen LogP contribution >= 0.6 is 11.5 Å². The molecule has 0 saturated carbocycles. The van der Waals surface area contributed by atoms with Crippen LogP contribution in [0.3, 0.4) is 0 Å². The second-order valence-corrected chi connectivity index (χ2v) is 5.10. The summed E-state index contributed by atoms with van der Waals surface area (Å²) >= 11 is 0.938. The van der Waals surface area contributed by atoms with E-state index in [1.165, 1.54) is 6.33 Å². The van der Waals surface area contributed by atoms with E-state index in [0.29, 0.717) is 23.6 Å². The SMILES string of the molecule is CCOc1ccccc1NC(=O)c1snc2c(=O)[nH]cnc12. The van der Waals surface area contributed by atoms with Crippen molar-refractivity contribution in [2.45, 2.75) is 6.92 Å². The quantitative estimate of drug-likeness (QED) is 0.767. The summed E-state index contributed by atoms with van der Waals surface area (Å²) in [5.41, 5.74) is 0.645. The minimum Gasteiger partial charge on any atom is -0.492 e. The summed E-state index contributed by atoms with van der Waals surface area (Å²) < 4.78 is 9.45. The number of rotatable bonds is 4. The highest BCUT2D eigenvalue weighted by molar-refractivity contribution is 7.09. The van der Waals surface area contributed by atoms with Gasteiger partial charge in [-0.3, -0.25) is 9.59 Å². The summed E-state index contributed by atoms with van der Waals surface area (Å²) in [5.74, 6) is 0.204. The molecular weight excluding hydrogens is 304 g/mol. The highest BCUT2D eigenvalue weighted by Crippen LogP contribution is 2.26. The van der Waals surface area contributed by atoms with Gasteiger partial charge in [0.2, 0.25) is 0 Å². The molecule has 0 aliphatic carbocycles. The molecule has 0 spiro atoms. The van der Waals surface area contributed by atoms with Gasteiger partial charge in [-0.1, -0.05) is 12.1 Å². The maximum absolute atomic E-state index is 12.4. The summed E-state index contributed by atoms with van der Waals surface area (Å²) in [7, 11) is 0. The number of benzene rings is 1. The molecule has 8 heteroatoms. The summed E-state index contributed by atoms with van der Waals surface area (Å²) in [6.07, 6.45) is 1.25. The molecule has 0 radical (unpaired) electrons. The zero-order chi connectivity index (χ0) is 15.5. The third-order valence-electron chi connectivity index (χ3n) is 2.91. The normalized spacial score (nSPS) is 10.6. The lowest BCUT2D eigenvalue weighted by Crippen LogP contribution is -2.13. The van der Waals surface area contributed by atoms with Gasteiger partial charge in [0.05, 0.1) is 18.6 Å². The molecule has 0 atom stereocenters. The summed E-state index contributed by atoms with van der Waals surface area (Å²) in [6, 6.07) is 7.13. The molecule has 1 aromatic carbocycles. The molecule has 0 aliphatic rings. The molecule has 112 valence electrons. The Kier molecular flexibility index (Phi) is 3.84. The molecule has 3 rings (SSSR count). The highest BCUT2D eigenvalue weighted by Gasteiger charge is 2.18. The van der Waals surface area contributed by atoms with E-state index in [0.717, 1.165) is 11.5 Å². The van der Waals surface area contributed by atoms with Crippen molar-refractivity contribution in [2.24, 2.45) is 0 Å². The largest absolute Gasteiger partial charge is 0.492 e. The van der Waals surface area contributed by atoms with Crippen molar-refractivity contribution in [1.82, 2.24) is 14.3 Å². The number of ether oxygens (including phenoxy) is 1. The van der Waals surface area contributed by atoms with Gasteiger partial charge in [-0.05, 0) is 30.6 Å². The first-order valence-corrected chi connectivity index (χ1v) is 7.34. The van der Waals surface area contributed by atoms with Gasteiger partial charge in [-0.15, -0.1) is 0 Å². The van der Waals surface area contributed by atoms with E-state index in [-0.39, 0.29) is 21.9 Å². The van der Waals surface area contributed by atoms with E-state index in [1.807, 2.05) is 13.0 Å². The van der Waals surface area contributed by atoms with Crippen LogP contribution < -0.4 is 15.6 Å². The Bertz CT molecular complexity index is 887. The monoisotopic (exact) mass is 316 g/mol. The first-order valence-electron chi connectivity index (χ1n) is 6.57. The van der Waals surface area contributed by atoms with Crippen molar-refractivity contribution in [2.75, 3.05) is 11.9 Å². The number of fused-ring (bicyclic) bond motifs is 1. The van der Waals surface area contributed by atoms with Gasteiger partial charge >= 0.3 is 0 Å². The van der Waals surface area contributed by atoms with Crippen LogP contribution in [0.15, 0.2) is 35.4 Å². The highest BCUT2D eigenvalue weighted by atomic mass is 32.1. The summed E-state index contributed by atoms with van der Waals surface area (Å²) in [5, 5.41) is 2.76. The first-order chi connectivity index (χ1) is 10.7. The number of aromatic amines is 1. The number of H-pyrrole nitrogens is 1. The fraction of sp³-hybridized carbons (Fsp3) is 0.143. The van der Waals surface area contributed by atoms with Crippen LogP contribution in [-0.4, -0.2) is 26.9 Å². The van der Waals surface area contributed by atoms with Crippen LogP contribution in [0.4, 0.5) is 5.69 Å². The molecule has 1 amide bonds. The summed E-state index contributed by atoms with van der Waals surface area (Å²) in [6.45, 7) is 2.36. The lowest BCUT2D eigenvalue weighted by molar-refractivity contribution is 0.103. The number of amides is 1. The van der Waals surface area contributed by atoms with Gasteiger partial charge in [0.25, 0.3) is 11.5 Å². The standard InChI is InChI=1S/C14H12N4O3S/c1-2-21-9-6-4-3-5-8(9)17-14(20)12-10-11(18-22-12)13(19)16-7-15-10/h3-7H,2H2,1H3,(H,17,20)(H,15,16,19). The average Bonchev–Trinajstić information content (AvgIpc) is 2.95. The van der Waals surface area contributed by atoms with Crippen molar-refractivity contribution in [1.29, 1.82) is 0 Å². The van der Waals surface area contributed by atoms with Crippen molar-refractivity contribution in [3.05, 3.63) is 45.8 Å². The van der Waals surface area contributed by atoms with Crippen LogP contribution in [0.1, 0.15) is 16.6 Å². The minimum absolute atomic E-state index is 0.163. The topological polar surface area (TPSA) is 97.0 Å². The number of para-hydroxylation sites is 2. The van der Waals surface area contributed by atoms with E-state index in [2.05, 4.69) is 19.7 Å². The molecule has 2 N–H and O–H groups in total. The smallest absolute Gasteiger partial charge is 0.278 e. The third-order valence-corrected chi connectivity index (χ3v) is 3.75.